The van der Waals surface area contributed by atoms with Crippen molar-refractivity contribution in [1.82, 2.24) is 19.4 Å². The molecule has 0 fully saturated rings. The molecule has 69 heavy (non-hydrogen) atoms. The van der Waals surface area contributed by atoms with Gasteiger partial charge in [-0.3, -0.25) is 25.5 Å². The molecule has 0 aliphatic carbocycles. The number of benzene rings is 4. The van der Waals surface area contributed by atoms with Gasteiger partial charge in [-0.15, -0.1) is 22.7 Å². The van der Waals surface area contributed by atoms with E-state index in [2.05, 4.69) is 29.5 Å². The largest absolute Gasteiger partial charge is 0.454 e. The van der Waals surface area contributed by atoms with Gasteiger partial charge in [0.05, 0.1) is 42.6 Å². The lowest BCUT2D eigenvalue weighted by Crippen LogP contribution is -2.40. The molecule has 0 aliphatic rings. The molecule has 4 aromatic carbocycles. The summed E-state index contributed by atoms with van der Waals surface area (Å²) in [5.74, 6) is 0. The molecule has 0 unspecified atom stereocenters. The summed E-state index contributed by atoms with van der Waals surface area (Å²) >= 11 is 7.25. The van der Waals surface area contributed by atoms with Gasteiger partial charge < -0.3 is 15.2 Å². The number of aromatic nitrogens is 2. The Bertz CT molecular complexity index is 3020. The summed E-state index contributed by atoms with van der Waals surface area (Å²) in [5.41, 5.74) is 6.53. The lowest BCUT2D eigenvalue weighted by molar-refractivity contribution is -0.385. The Hall–Kier alpha value is -6.41. The van der Waals surface area contributed by atoms with Crippen molar-refractivity contribution in [3.05, 3.63) is 118 Å². The van der Waals surface area contributed by atoms with Crippen molar-refractivity contribution >= 4 is 88.6 Å². The lowest BCUT2D eigenvalue weighted by atomic mass is 10.1. The van der Waals surface area contributed by atoms with Gasteiger partial charge in [-0.1, -0.05) is 12.1 Å². The molecule has 1 amide bonds. The standard InChI is InChI=1S/C22H24N4O6S2.C19H20N4O4S2.C3H5ClO2/c1-5-32-21(27)24-15-8-11-17(19(12-15)34(30,31)25-22(2,3)4)18-13-23-20(33-18)14-6-9-16(10-7-14)26(28)29;1-19(2,3)22-29(26,27)17-10-13(20)6-9-15(17)16-11-21-18(28-16)12-4-7-14(8-5-12)23(24)25;1-2-6-3(4)5/h6-13,25H,5H2,1-4H3,(H,24,27);4-11,22H,20H2,1-3H3;2H2,1H3. The summed E-state index contributed by atoms with van der Waals surface area (Å²) in [5, 5.41) is 25.4. The van der Waals surface area contributed by atoms with Crippen LogP contribution in [-0.2, 0) is 29.5 Å². The van der Waals surface area contributed by atoms with Crippen LogP contribution in [0.2, 0.25) is 0 Å². The summed E-state index contributed by atoms with van der Waals surface area (Å²) in [6, 6.07) is 21.2. The van der Waals surface area contributed by atoms with Crippen molar-refractivity contribution in [1.29, 1.82) is 0 Å². The number of halogens is 1. The van der Waals surface area contributed by atoms with Gasteiger partial charge in [0.25, 0.3) is 11.4 Å². The number of nitrogens with two attached hydrogens (primary N) is 1. The highest BCUT2D eigenvalue weighted by Gasteiger charge is 2.28. The van der Waals surface area contributed by atoms with Crippen molar-refractivity contribution < 1.29 is 45.7 Å². The van der Waals surface area contributed by atoms with Crippen molar-refractivity contribution in [2.24, 2.45) is 0 Å². The van der Waals surface area contributed by atoms with Crippen LogP contribution < -0.4 is 20.5 Å². The lowest BCUT2D eigenvalue weighted by Gasteiger charge is -2.22. The molecule has 20 nitrogen and oxygen atoms in total. The quantitative estimate of drug-likeness (QED) is 0.0362. The number of amides is 1. The van der Waals surface area contributed by atoms with E-state index in [1.54, 1.807) is 116 Å². The molecule has 0 saturated carbocycles. The maximum absolute atomic E-state index is 13.2. The van der Waals surface area contributed by atoms with Crippen LogP contribution in [0.4, 0.5) is 32.3 Å². The van der Waals surface area contributed by atoms with Crippen LogP contribution in [0.15, 0.2) is 107 Å². The Balaban J connectivity index is 0.000000271. The number of nitro benzene ring substituents is 2. The molecule has 2 aromatic heterocycles. The molecule has 0 radical (unpaired) electrons. The van der Waals surface area contributed by atoms with Gasteiger partial charge in [0.15, 0.2) is 0 Å². The van der Waals surface area contributed by atoms with E-state index >= 15 is 0 Å². The number of hydrogen-bond acceptors (Lipinski definition) is 17. The molecule has 5 N–H and O–H groups in total. The Kier molecular flexibility index (Phi) is 18.6. The van der Waals surface area contributed by atoms with Gasteiger partial charge in [0.1, 0.15) is 10.0 Å². The maximum Gasteiger partial charge on any atom is 0.411 e. The minimum absolute atomic E-state index is 0.00861. The summed E-state index contributed by atoms with van der Waals surface area (Å²) < 4.78 is 66.7. The van der Waals surface area contributed by atoms with Gasteiger partial charge in [-0.25, -0.2) is 45.8 Å². The average Bonchev–Trinajstić information content (AvgIpc) is 3.94. The highest BCUT2D eigenvalue weighted by atomic mass is 35.5. The van der Waals surface area contributed by atoms with Gasteiger partial charge >= 0.3 is 11.5 Å². The molecule has 0 bridgehead atoms. The molecule has 0 atom stereocenters. The zero-order chi connectivity index (χ0) is 51.5. The first-order valence-electron chi connectivity index (χ1n) is 20.4. The number of rotatable bonds is 13. The third-order valence-electron chi connectivity index (χ3n) is 8.42. The first-order valence-corrected chi connectivity index (χ1v) is 25.4. The van der Waals surface area contributed by atoms with Gasteiger partial charge in [0.2, 0.25) is 20.0 Å². The van der Waals surface area contributed by atoms with E-state index in [9.17, 15) is 46.7 Å². The molecule has 0 spiro atoms. The average molecular weight is 1050 g/mol. The Morgan fingerprint density at radius 3 is 1.43 bits per heavy atom. The number of anilines is 2. The highest BCUT2D eigenvalue weighted by Crippen LogP contribution is 2.39. The van der Waals surface area contributed by atoms with Crippen molar-refractivity contribution in [3.8, 4) is 42.0 Å². The minimum atomic E-state index is -3.98. The first kappa shape index (κ1) is 55.2. The second kappa shape index (κ2) is 23.3. The predicted molar refractivity (Wildman–Crippen MR) is 267 cm³/mol. The molecule has 2 heterocycles. The number of hydrogen-bond donors (Lipinski definition) is 4. The molecule has 25 heteroatoms. The smallest absolute Gasteiger partial charge is 0.411 e. The van der Waals surface area contributed by atoms with E-state index in [-0.39, 0.29) is 33.5 Å². The number of carbonyl (C=O) groups excluding carboxylic acids is 2. The normalized spacial score (nSPS) is 11.6. The number of nitro groups is 2. The number of sulfonamides is 2. The highest BCUT2D eigenvalue weighted by molar-refractivity contribution is 7.90. The van der Waals surface area contributed by atoms with Crippen LogP contribution in [0.25, 0.3) is 42.0 Å². The molecule has 0 aliphatic heterocycles. The number of thiazole rings is 2. The number of nitrogens with one attached hydrogen (secondary N) is 3. The van der Waals surface area contributed by atoms with E-state index in [1.807, 2.05) is 0 Å². The van der Waals surface area contributed by atoms with Crippen LogP contribution in [0.1, 0.15) is 55.4 Å². The SMILES string of the molecule is CC(C)(C)NS(=O)(=O)c1cc(N)ccc1-c1cnc(-c2ccc([N+](=O)[O-])cc2)s1.CCOC(=O)Cl.CCOC(=O)Nc1ccc(-c2cnc(-c3ccc([N+](=O)[O-])cc3)s2)c(S(=O)(=O)NC(C)(C)C)c1. The van der Waals surface area contributed by atoms with E-state index in [1.165, 1.54) is 59.1 Å². The summed E-state index contributed by atoms with van der Waals surface area (Å²) in [6.07, 6.45) is 2.44. The third kappa shape index (κ3) is 16.4. The Morgan fingerprint density at radius 1 is 0.667 bits per heavy atom. The fourth-order valence-corrected chi connectivity index (χ4v) is 11.3. The van der Waals surface area contributed by atoms with E-state index in [4.69, 9.17) is 22.1 Å². The van der Waals surface area contributed by atoms with Crippen molar-refractivity contribution in [3.63, 3.8) is 0 Å². The summed E-state index contributed by atoms with van der Waals surface area (Å²) in [7, 11) is -7.79. The number of ether oxygens (including phenoxy) is 2. The molecule has 6 aromatic rings. The number of nitrogens with zero attached hydrogens (tertiary/aromatic N) is 4. The van der Waals surface area contributed by atoms with Gasteiger partial charge in [0, 0.05) is 93.0 Å². The number of non-ortho nitro benzene ring substituents is 2. The minimum Gasteiger partial charge on any atom is -0.454 e. The zero-order valence-corrected chi connectivity index (χ0v) is 42.4. The molecular weight excluding hydrogens is 996 g/mol. The van der Waals surface area contributed by atoms with Crippen molar-refractivity contribution in [2.75, 3.05) is 24.3 Å². The second-order valence-corrected chi connectivity index (χ2v) is 22.0. The van der Waals surface area contributed by atoms with Crippen LogP contribution in [0.3, 0.4) is 0 Å². The van der Waals surface area contributed by atoms with E-state index in [0.29, 0.717) is 54.3 Å². The zero-order valence-electron chi connectivity index (χ0n) is 38.4. The van der Waals surface area contributed by atoms with Crippen LogP contribution >= 0.6 is 34.3 Å². The Morgan fingerprint density at radius 2 is 1.07 bits per heavy atom. The van der Waals surface area contributed by atoms with E-state index in [0.717, 1.165) is 0 Å². The van der Waals surface area contributed by atoms with Crippen LogP contribution in [0, 0.1) is 20.2 Å². The first-order chi connectivity index (χ1) is 32.1. The van der Waals surface area contributed by atoms with Crippen molar-refractivity contribution in [2.45, 2.75) is 76.3 Å². The fourth-order valence-electron chi connectivity index (χ4n) is 5.82. The van der Waals surface area contributed by atoms with Gasteiger partial charge in [-0.05, 0) is 104 Å². The topological polar surface area (TPSA) is 295 Å². The Labute approximate surface area is 411 Å². The van der Waals surface area contributed by atoms with E-state index < -0.39 is 52.5 Å². The molecule has 6 rings (SSSR count). The van der Waals surface area contributed by atoms with Crippen LogP contribution in [0.5, 0.6) is 0 Å². The third-order valence-corrected chi connectivity index (χ3v) is 14.3. The summed E-state index contributed by atoms with van der Waals surface area (Å²) in [4.78, 5) is 52.2. The van der Waals surface area contributed by atoms with Crippen LogP contribution in [-0.4, -0.2) is 72.5 Å². The van der Waals surface area contributed by atoms with Gasteiger partial charge in [-0.2, -0.15) is 0 Å². The maximum atomic E-state index is 13.2. The monoisotopic (exact) mass is 1040 g/mol. The molecule has 368 valence electrons. The second-order valence-electron chi connectivity index (χ2n) is 16.4. The summed E-state index contributed by atoms with van der Waals surface area (Å²) in [6.45, 7) is 14.3. The molecule has 0 saturated heterocycles. The molecular formula is C44H49ClN8O12S4. The number of carbonyl (C=O) groups is 2. The number of nitrogen functional groups attached to an aromatic ring is 1. The fraction of sp³-hybridized carbons (Fsp3) is 0.273. The predicted octanol–water partition coefficient (Wildman–Crippen LogP) is 10.5.